The van der Waals surface area contributed by atoms with E-state index in [4.69, 9.17) is 5.73 Å². The van der Waals surface area contributed by atoms with Crippen LogP contribution in [0, 0.1) is 5.92 Å². The van der Waals surface area contributed by atoms with E-state index in [9.17, 15) is 0 Å². The van der Waals surface area contributed by atoms with Crippen LogP contribution in [-0.2, 0) is 0 Å². The van der Waals surface area contributed by atoms with Crippen LogP contribution in [-0.4, -0.2) is 20.1 Å². The SMILES string of the molecule is C/C=C\N.CCC1CCNC1.CN. The molecule has 3 heteroatoms. The van der Waals surface area contributed by atoms with Crippen LogP contribution in [0.3, 0.4) is 0 Å². The third kappa shape index (κ3) is 11.5. The molecule has 3 nitrogen and oxygen atoms in total. The molecule has 13 heavy (non-hydrogen) atoms. The summed E-state index contributed by atoms with van der Waals surface area (Å²) in [6, 6.07) is 0. The molecule has 1 rings (SSSR count). The molecule has 1 heterocycles. The van der Waals surface area contributed by atoms with Crippen LogP contribution in [0.2, 0.25) is 0 Å². The normalized spacial score (nSPS) is 20.2. The zero-order valence-electron chi connectivity index (χ0n) is 9.22. The molecule has 0 bridgehead atoms. The first-order valence-electron chi connectivity index (χ1n) is 4.96. The van der Waals surface area contributed by atoms with Crippen molar-refractivity contribution in [2.75, 3.05) is 20.1 Å². The van der Waals surface area contributed by atoms with Gasteiger partial charge in [0.05, 0.1) is 0 Å². The molecule has 1 atom stereocenters. The summed E-state index contributed by atoms with van der Waals surface area (Å²) in [7, 11) is 1.50. The molecule has 0 saturated carbocycles. The summed E-state index contributed by atoms with van der Waals surface area (Å²) in [6.45, 7) is 6.65. The molecule has 0 spiro atoms. The Hall–Kier alpha value is -0.540. The van der Waals surface area contributed by atoms with Gasteiger partial charge in [-0.2, -0.15) is 0 Å². The molecule has 1 fully saturated rings. The highest BCUT2D eigenvalue weighted by Gasteiger charge is 2.10. The molecule has 0 radical (unpaired) electrons. The summed E-state index contributed by atoms with van der Waals surface area (Å²) in [4.78, 5) is 0. The van der Waals surface area contributed by atoms with E-state index in [-0.39, 0.29) is 0 Å². The second-order valence-electron chi connectivity index (χ2n) is 2.79. The average Bonchev–Trinajstić information content (AvgIpc) is 2.74. The molecule has 0 amide bonds. The predicted octanol–water partition coefficient (Wildman–Crippen LogP) is 1.06. The first-order chi connectivity index (χ1) is 6.35. The average molecular weight is 187 g/mol. The summed E-state index contributed by atoms with van der Waals surface area (Å²) < 4.78 is 0. The van der Waals surface area contributed by atoms with Crippen molar-refractivity contribution < 1.29 is 0 Å². The van der Waals surface area contributed by atoms with Gasteiger partial charge in [-0.3, -0.25) is 0 Å². The molecule has 1 unspecified atom stereocenters. The molecule has 0 aromatic rings. The summed E-state index contributed by atoms with van der Waals surface area (Å²) in [5, 5.41) is 3.32. The largest absolute Gasteiger partial charge is 0.405 e. The molecule has 1 aliphatic rings. The third-order valence-corrected chi connectivity index (χ3v) is 1.93. The number of hydrogen-bond donors (Lipinski definition) is 3. The highest BCUT2D eigenvalue weighted by atomic mass is 14.9. The maximum Gasteiger partial charge on any atom is -0.00201 e. The second-order valence-corrected chi connectivity index (χ2v) is 2.79. The minimum absolute atomic E-state index is 0.986. The van der Waals surface area contributed by atoms with E-state index in [1.165, 1.54) is 39.2 Å². The van der Waals surface area contributed by atoms with Crippen molar-refractivity contribution in [2.45, 2.75) is 26.7 Å². The van der Waals surface area contributed by atoms with Gasteiger partial charge in [-0.1, -0.05) is 19.4 Å². The summed E-state index contributed by atoms with van der Waals surface area (Å²) in [5.41, 5.74) is 9.35. The minimum Gasteiger partial charge on any atom is -0.405 e. The Morgan fingerprint density at radius 1 is 1.46 bits per heavy atom. The van der Waals surface area contributed by atoms with Crippen LogP contribution >= 0.6 is 0 Å². The smallest absolute Gasteiger partial charge is 0.00201 e. The van der Waals surface area contributed by atoms with Crippen molar-refractivity contribution in [2.24, 2.45) is 17.4 Å². The van der Waals surface area contributed by atoms with Gasteiger partial charge in [0.25, 0.3) is 0 Å². The quantitative estimate of drug-likeness (QED) is 0.575. The highest BCUT2D eigenvalue weighted by Crippen LogP contribution is 2.09. The monoisotopic (exact) mass is 187 g/mol. The lowest BCUT2D eigenvalue weighted by Gasteiger charge is -1.98. The van der Waals surface area contributed by atoms with Crippen molar-refractivity contribution in [1.82, 2.24) is 5.32 Å². The molecule has 1 saturated heterocycles. The number of rotatable bonds is 1. The Bertz CT molecular complexity index is 92.3. The van der Waals surface area contributed by atoms with Crippen molar-refractivity contribution in [3.63, 3.8) is 0 Å². The molecular formula is C10H25N3. The Kier molecular flexibility index (Phi) is 16.1. The molecule has 80 valence electrons. The lowest BCUT2D eigenvalue weighted by Crippen LogP contribution is -2.07. The van der Waals surface area contributed by atoms with E-state index < -0.39 is 0 Å². The van der Waals surface area contributed by atoms with Gasteiger partial charge in [0.2, 0.25) is 0 Å². The van der Waals surface area contributed by atoms with Crippen LogP contribution in [0.5, 0.6) is 0 Å². The Balaban J connectivity index is 0. The van der Waals surface area contributed by atoms with Crippen LogP contribution < -0.4 is 16.8 Å². The van der Waals surface area contributed by atoms with Crippen LogP contribution in [0.4, 0.5) is 0 Å². The number of hydrogen-bond acceptors (Lipinski definition) is 3. The van der Waals surface area contributed by atoms with E-state index in [2.05, 4.69) is 18.0 Å². The first-order valence-corrected chi connectivity index (χ1v) is 4.96. The maximum atomic E-state index is 4.85. The van der Waals surface area contributed by atoms with Crippen LogP contribution in [0.15, 0.2) is 12.3 Å². The third-order valence-electron chi connectivity index (χ3n) is 1.93. The molecular weight excluding hydrogens is 162 g/mol. The van der Waals surface area contributed by atoms with Crippen molar-refractivity contribution in [3.05, 3.63) is 12.3 Å². The van der Waals surface area contributed by atoms with Crippen LogP contribution in [0.25, 0.3) is 0 Å². The summed E-state index contributed by atoms with van der Waals surface area (Å²) in [5.74, 6) is 0.986. The lowest BCUT2D eigenvalue weighted by molar-refractivity contribution is 0.563. The zero-order chi connectivity index (χ0) is 10.5. The van der Waals surface area contributed by atoms with Crippen LogP contribution in [0.1, 0.15) is 26.7 Å². The van der Waals surface area contributed by atoms with Gasteiger partial charge < -0.3 is 16.8 Å². The fraction of sp³-hybridized carbons (Fsp3) is 0.800. The molecule has 1 aliphatic heterocycles. The Morgan fingerprint density at radius 2 is 2.00 bits per heavy atom. The fourth-order valence-corrected chi connectivity index (χ4v) is 1.06. The second kappa shape index (κ2) is 14.0. The lowest BCUT2D eigenvalue weighted by atomic mass is 10.1. The van der Waals surface area contributed by atoms with E-state index >= 15 is 0 Å². The predicted molar refractivity (Wildman–Crippen MR) is 60.4 cm³/mol. The molecule has 0 aliphatic carbocycles. The van der Waals surface area contributed by atoms with Gasteiger partial charge in [-0.25, -0.2) is 0 Å². The number of nitrogens with two attached hydrogens (primary N) is 2. The fourth-order valence-electron chi connectivity index (χ4n) is 1.06. The number of allylic oxidation sites excluding steroid dienone is 1. The van der Waals surface area contributed by atoms with Gasteiger partial charge in [-0.15, -0.1) is 0 Å². The summed E-state index contributed by atoms with van der Waals surface area (Å²) >= 11 is 0. The van der Waals surface area contributed by atoms with E-state index in [1.807, 2.05) is 6.92 Å². The Labute approximate surface area is 82.6 Å². The molecule has 0 aromatic heterocycles. The highest BCUT2D eigenvalue weighted by molar-refractivity contribution is 4.68. The minimum atomic E-state index is 0.986. The summed E-state index contributed by atoms with van der Waals surface area (Å²) in [6.07, 6.45) is 6.03. The number of nitrogens with one attached hydrogen (secondary N) is 1. The molecule has 5 N–H and O–H groups in total. The Morgan fingerprint density at radius 3 is 2.15 bits per heavy atom. The van der Waals surface area contributed by atoms with E-state index in [1.54, 1.807) is 6.08 Å². The zero-order valence-corrected chi connectivity index (χ0v) is 9.22. The topological polar surface area (TPSA) is 64.1 Å². The van der Waals surface area contributed by atoms with Gasteiger partial charge in [0.15, 0.2) is 0 Å². The van der Waals surface area contributed by atoms with Gasteiger partial charge >= 0.3 is 0 Å². The molecule has 0 aromatic carbocycles. The maximum absolute atomic E-state index is 4.85. The van der Waals surface area contributed by atoms with Gasteiger partial charge in [-0.05, 0) is 45.6 Å². The van der Waals surface area contributed by atoms with E-state index in [0.29, 0.717) is 0 Å². The van der Waals surface area contributed by atoms with Crippen molar-refractivity contribution >= 4 is 0 Å². The standard InChI is InChI=1S/C6H13N.C3H7N.CH5N/c1-2-6-3-4-7-5-6;1-2-3-4;1-2/h6-7H,2-5H2,1H3;2-3H,4H2,1H3;2H2,1H3/b;3-2-;. The van der Waals surface area contributed by atoms with Gasteiger partial charge in [0.1, 0.15) is 0 Å². The van der Waals surface area contributed by atoms with E-state index in [0.717, 1.165) is 5.92 Å². The van der Waals surface area contributed by atoms with Gasteiger partial charge in [0, 0.05) is 0 Å². The first kappa shape index (κ1) is 15.0. The van der Waals surface area contributed by atoms with Crippen molar-refractivity contribution in [3.8, 4) is 0 Å². The van der Waals surface area contributed by atoms with Crippen molar-refractivity contribution in [1.29, 1.82) is 0 Å².